The molecule has 6 heteroatoms. The third kappa shape index (κ3) is 5.38. The zero-order valence-electron chi connectivity index (χ0n) is 14.7. The summed E-state index contributed by atoms with van der Waals surface area (Å²) in [6.07, 6.45) is 0.255. The molecule has 0 aliphatic rings. The molecule has 0 spiro atoms. The minimum absolute atomic E-state index is 0.251. The van der Waals surface area contributed by atoms with Crippen LogP contribution in [0.25, 0.3) is 0 Å². The van der Waals surface area contributed by atoms with E-state index in [9.17, 15) is 9.18 Å². The van der Waals surface area contributed by atoms with Crippen LogP contribution in [0.1, 0.15) is 18.9 Å². The largest absolute Gasteiger partial charge is 0.494 e. The first-order valence-corrected chi connectivity index (χ1v) is 8.11. The number of amides is 1. The highest BCUT2D eigenvalue weighted by Crippen LogP contribution is 2.30. The first-order valence-electron chi connectivity index (χ1n) is 8.11. The third-order valence-electron chi connectivity index (χ3n) is 3.63. The lowest BCUT2D eigenvalue weighted by molar-refractivity contribution is 0.161. The van der Waals surface area contributed by atoms with Crippen molar-refractivity contribution in [1.82, 2.24) is 0 Å². The van der Waals surface area contributed by atoms with Crippen LogP contribution in [0.3, 0.4) is 0 Å². The molecule has 0 saturated carbocycles. The molecule has 0 aliphatic heterocycles. The van der Waals surface area contributed by atoms with E-state index in [2.05, 4.69) is 5.32 Å². The molecular formula is C19H23FN2O3. The molecule has 0 unspecified atom stereocenters. The van der Waals surface area contributed by atoms with E-state index in [4.69, 9.17) is 9.47 Å². The number of ether oxygens (including phenoxy) is 2. The average Bonchev–Trinajstić information content (AvgIpc) is 2.62. The van der Waals surface area contributed by atoms with Gasteiger partial charge in [-0.1, -0.05) is 19.1 Å². The molecule has 0 aliphatic carbocycles. The van der Waals surface area contributed by atoms with Crippen LogP contribution in [0.2, 0.25) is 0 Å². The van der Waals surface area contributed by atoms with Crippen molar-refractivity contribution < 1.29 is 18.7 Å². The Balaban J connectivity index is 2.08. The topological polar surface area (TPSA) is 50.8 Å². The summed E-state index contributed by atoms with van der Waals surface area (Å²) < 4.78 is 23.4. The number of nitrogens with one attached hydrogen (secondary N) is 1. The predicted octanol–water partition coefficient (Wildman–Crippen LogP) is 4.43. The van der Waals surface area contributed by atoms with Gasteiger partial charge < -0.3 is 14.4 Å². The number of carbonyl (C=O) groups excluding carboxylic acids is 1. The first kappa shape index (κ1) is 18.6. The Hall–Kier alpha value is -2.76. The Labute approximate surface area is 147 Å². The summed E-state index contributed by atoms with van der Waals surface area (Å²) in [7, 11) is 3.47. The quantitative estimate of drug-likeness (QED) is 0.806. The Kier molecular flexibility index (Phi) is 6.62. The van der Waals surface area contributed by atoms with Gasteiger partial charge in [0, 0.05) is 25.3 Å². The Morgan fingerprint density at radius 3 is 2.56 bits per heavy atom. The van der Waals surface area contributed by atoms with Gasteiger partial charge in [0.05, 0.1) is 19.4 Å². The van der Waals surface area contributed by atoms with Gasteiger partial charge >= 0.3 is 6.09 Å². The van der Waals surface area contributed by atoms with Crippen LogP contribution in [-0.4, -0.2) is 26.9 Å². The highest BCUT2D eigenvalue weighted by Gasteiger charge is 2.11. The van der Waals surface area contributed by atoms with Gasteiger partial charge in [-0.2, -0.15) is 0 Å². The molecule has 0 saturated heterocycles. The van der Waals surface area contributed by atoms with E-state index >= 15 is 0 Å². The Bertz CT molecular complexity index is 704. The van der Waals surface area contributed by atoms with E-state index in [1.807, 2.05) is 31.0 Å². The van der Waals surface area contributed by atoms with Gasteiger partial charge in [-0.25, -0.2) is 9.18 Å². The predicted molar refractivity (Wildman–Crippen MR) is 96.8 cm³/mol. The highest BCUT2D eigenvalue weighted by molar-refractivity contribution is 5.87. The van der Waals surface area contributed by atoms with Gasteiger partial charge in [-0.15, -0.1) is 0 Å². The number of anilines is 2. The molecule has 0 atom stereocenters. The van der Waals surface area contributed by atoms with E-state index in [-0.39, 0.29) is 5.82 Å². The van der Waals surface area contributed by atoms with Crippen LogP contribution >= 0.6 is 0 Å². The zero-order chi connectivity index (χ0) is 18.2. The van der Waals surface area contributed by atoms with E-state index in [1.54, 1.807) is 25.3 Å². The van der Waals surface area contributed by atoms with Gasteiger partial charge in [0.2, 0.25) is 0 Å². The molecule has 2 aromatic carbocycles. The SMILES string of the molecule is CCCOC(=O)Nc1ccc(N(C)Cc2ccc(F)cc2)cc1OC. The molecule has 0 radical (unpaired) electrons. The van der Waals surface area contributed by atoms with Crippen LogP contribution in [-0.2, 0) is 11.3 Å². The molecule has 2 rings (SSSR count). The molecule has 0 bridgehead atoms. The van der Waals surface area contributed by atoms with Crippen LogP contribution in [0.15, 0.2) is 42.5 Å². The summed E-state index contributed by atoms with van der Waals surface area (Å²) in [4.78, 5) is 13.7. The summed E-state index contributed by atoms with van der Waals surface area (Å²) in [5.74, 6) is 0.287. The number of nitrogens with zero attached hydrogens (tertiary/aromatic N) is 1. The fourth-order valence-electron chi connectivity index (χ4n) is 2.32. The lowest BCUT2D eigenvalue weighted by atomic mass is 10.2. The number of hydrogen-bond acceptors (Lipinski definition) is 4. The third-order valence-corrected chi connectivity index (χ3v) is 3.63. The Morgan fingerprint density at radius 2 is 1.92 bits per heavy atom. The maximum Gasteiger partial charge on any atom is 0.411 e. The lowest BCUT2D eigenvalue weighted by Gasteiger charge is -2.21. The van der Waals surface area contributed by atoms with Crippen molar-refractivity contribution in [2.45, 2.75) is 19.9 Å². The van der Waals surface area contributed by atoms with Gasteiger partial charge in [-0.05, 0) is 36.2 Å². The zero-order valence-corrected chi connectivity index (χ0v) is 14.7. The summed E-state index contributed by atoms with van der Waals surface area (Å²) >= 11 is 0. The number of methoxy groups -OCH3 is 1. The number of halogens is 1. The van der Waals surface area contributed by atoms with Gasteiger partial charge in [-0.3, -0.25) is 5.32 Å². The van der Waals surface area contributed by atoms with Gasteiger partial charge in [0.15, 0.2) is 0 Å². The minimum atomic E-state index is -0.507. The molecular weight excluding hydrogens is 323 g/mol. The van der Waals surface area contributed by atoms with Crippen molar-refractivity contribution in [3.63, 3.8) is 0 Å². The first-order chi connectivity index (χ1) is 12.0. The van der Waals surface area contributed by atoms with Crippen molar-refractivity contribution in [1.29, 1.82) is 0 Å². The monoisotopic (exact) mass is 346 g/mol. The molecule has 1 N–H and O–H groups in total. The van der Waals surface area contributed by atoms with Crippen LogP contribution < -0.4 is 15.0 Å². The fourth-order valence-corrected chi connectivity index (χ4v) is 2.32. The van der Waals surface area contributed by atoms with E-state index < -0.39 is 6.09 Å². The summed E-state index contributed by atoms with van der Waals surface area (Å²) in [5.41, 5.74) is 2.45. The molecule has 25 heavy (non-hydrogen) atoms. The number of benzene rings is 2. The van der Waals surface area contributed by atoms with Gasteiger partial charge in [0.1, 0.15) is 11.6 Å². The molecule has 0 fully saturated rings. The fraction of sp³-hybridized carbons (Fsp3) is 0.316. The molecule has 2 aromatic rings. The van der Waals surface area contributed by atoms with Crippen molar-refractivity contribution in [3.05, 3.63) is 53.8 Å². The van der Waals surface area contributed by atoms with Crippen molar-refractivity contribution in [2.24, 2.45) is 0 Å². The summed E-state index contributed by atoms with van der Waals surface area (Å²) in [5, 5.41) is 2.67. The molecule has 134 valence electrons. The standard InChI is InChI=1S/C19H23FN2O3/c1-4-11-25-19(23)21-17-10-9-16(12-18(17)24-3)22(2)13-14-5-7-15(20)8-6-14/h5-10,12H,4,11,13H2,1-3H3,(H,21,23). The van der Waals surface area contributed by atoms with Crippen LogP contribution in [0.4, 0.5) is 20.6 Å². The van der Waals surface area contributed by atoms with E-state index in [1.165, 1.54) is 12.1 Å². The van der Waals surface area contributed by atoms with E-state index in [0.717, 1.165) is 17.7 Å². The maximum absolute atomic E-state index is 13.0. The number of carbonyl (C=O) groups is 1. The lowest BCUT2D eigenvalue weighted by Crippen LogP contribution is -2.17. The molecule has 0 aromatic heterocycles. The number of hydrogen-bond donors (Lipinski definition) is 1. The summed E-state index contributed by atoms with van der Waals surface area (Å²) in [6, 6.07) is 11.9. The highest BCUT2D eigenvalue weighted by atomic mass is 19.1. The smallest absolute Gasteiger partial charge is 0.411 e. The molecule has 1 amide bonds. The second-order valence-electron chi connectivity index (χ2n) is 5.63. The second-order valence-corrected chi connectivity index (χ2v) is 5.63. The van der Waals surface area contributed by atoms with Crippen LogP contribution in [0.5, 0.6) is 5.75 Å². The second kappa shape index (κ2) is 8.92. The Morgan fingerprint density at radius 1 is 1.20 bits per heavy atom. The molecule has 5 nitrogen and oxygen atoms in total. The van der Waals surface area contributed by atoms with Crippen molar-refractivity contribution in [3.8, 4) is 5.75 Å². The van der Waals surface area contributed by atoms with Crippen molar-refractivity contribution >= 4 is 17.5 Å². The average molecular weight is 346 g/mol. The normalized spacial score (nSPS) is 10.2. The minimum Gasteiger partial charge on any atom is -0.494 e. The summed E-state index contributed by atoms with van der Waals surface area (Å²) in [6.45, 7) is 2.92. The molecule has 0 heterocycles. The maximum atomic E-state index is 13.0. The number of rotatable bonds is 7. The van der Waals surface area contributed by atoms with E-state index in [0.29, 0.717) is 24.6 Å². The van der Waals surface area contributed by atoms with Crippen LogP contribution in [0, 0.1) is 5.82 Å². The van der Waals surface area contributed by atoms with Gasteiger partial charge in [0.25, 0.3) is 0 Å². The van der Waals surface area contributed by atoms with Crippen molar-refractivity contribution in [2.75, 3.05) is 31.0 Å².